The quantitative estimate of drug-likeness (QED) is 0.380. The molecule has 2 heteroatoms. The maximum Gasteiger partial charge on any atom is 0.145 e. The molecule has 0 aliphatic carbocycles. The molecular formula is C22H19NO. The van der Waals surface area contributed by atoms with Crippen LogP contribution in [0.5, 0.6) is 0 Å². The number of hydrogen-bond donors (Lipinski definition) is 0. The average Bonchev–Trinajstić information content (AvgIpc) is 3.11. The first-order valence-electron chi connectivity index (χ1n) is 8.59. The topological polar surface area (TPSA) is 18.1 Å². The van der Waals surface area contributed by atoms with Crippen LogP contribution in [0.3, 0.4) is 0 Å². The van der Waals surface area contributed by atoms with Gasteiger partial charge < -0.3 is 8.98 Å². The summed E-state index contributed by atoms with van der Waals surface area (Å²) in [5.41, 5.74) is 5.87. The SMILES string of the molecule is CCCc1ccc2c3c4oc5ccccc5c4ccc3n(C)c2c1. The first kappa shape index (κ1) is 13.7. The van der Waals surface area contributed by atoms with Crippen LogP contribution in [0.4, 0.5) is 0 Å². The van der Waals surface area contributed by atoms with Crippen molar-refractivity contribution >= 4 is 43.7 Å². The molecule has 0 N–H and O–H groups in total. The van der Waals surface area contributed by atoms with E-state index >= 15 is 0 Å². The minimum Gasteiger partial charge on any atom is -0.455 e. The van der Waals surface area contributed by atoms with Crippen molar-refractivity contribution in [3.05, 3.63) is 60.2 Å². The summed E-state index contributed by atoms with van der Waals surface area (Å²) in [7, 11) is 2.15. The van der Waals surface area contributed by atoms with Gasteiger partial charge in [-0.3, -0.25) is 0 Å². The molecule has 2 heterocycles. The highest BCUT2D eigenvalue weighted by molar-refractivity contribution is 6.23. The molecule has 0 bridgehead atoms. The van der Waals surface area contributed by atoms with Crippen LogP contribution in [0.1, 0.15) is 18.9 Å². The molecule has 0 fully saturated rings. The molecule has 0 spiro atoms. The molecule has 0 atom stereocenters. The summed E-state index contributed by atoms with van der Waals surface area (Å²) in [4.78, 5) is 0. The largest absolute Gasteiger partial charge is 0.455 e. The molecule has 0 amide bonds. The van der Waals surface area contributed by atoms with Crippen molar-refractivity contribution in [1.82, 2.24) is 4.57 Å². The number of furan rings is 1. The number of fused-ring (bicyclic) bond motifs is 7. The van der Waals surface area contributed by atoms with Crippen LogP contribution in [0, 0.1) is 0 Å². The number of aryl methyl sites for hydroxylation is 2. The zero-order valence-corrected chi connectivity index (χ0v) is 14.0. The lowest BCUT2D eigenvalue weighted by Crippen LogP contribution is -1.88. The summed E-state index contributed by atoms with van der Waals surface area (Å²) < 4.78 is 8.54. The van der Waals surface area contributed by atoms with E-state index < -0.39 is 0 Å². The predicted octanol–water partition coefficient (Wildman–Crippen LogP) is 6.18. The fourth-order valence-corrected chi connectivity index (χ4v) is 3.96. The normalized spacial score (nSPS) is 12.1. The number of rotatable bonds is 2. The number of aromatic nitrogens is 1. The van der Waals surface area contributed by atoms with Gasteiger partial charge >= 0.3 is 0 Å². The van der Waals surface area contributed by atoms with Crippen molar-refractivity contribution in [2.24, 2.45) is 7.05 Å². The van der Waals surface area contributed by atoms with Crippen molar-refractivity contribution in [2.45, 2.75) is 19.8 Å². The van der Waals surface area contributed by atoms with Crippen molar-refractivity contribution in [1.29, 1.82) is 0 Å². The third-order valence-electron chi connectivity index (χ3n) is 5.12. The standard InChI is InChI=1S/C22H19NO/c1-3-6-14-9-10-17-19(13-14)23(2)18-12-11-16-15-7-4-5-8-20(15)24-22(16)21(17)18/h4-5,7-13H,3,6H2,1-2H3. The Morgan fingerprint density at radius 3 is 2.58 bits per heavy atom. The first-order chi connectivity index (χ1) is 11.8. The van der Waals surface area contributed by atoms with Gasteiger partial charge in [-0.15, -0.1) is 0 Å². The van der Waals surface area contributed by atoms with Crippen molar-refractivity contribution in [2.75, 3.05) is 0 Å². The van der Waals surface area contributed by atoms with E-state index in [-0.39, 0.29) is 0 Å². The summed E-state index contributed by atoms with van der Waals surface area (Å²) >= 11 is 0. The lowest BCUT2D eigenvalue weighted by Gasteiger charge is -2.01. The van der Waals surface area contributed by atoms with Gasteiger partial charge in [-0.05, 0) is 36.2 Å². The molecule has 2 aromatic heterocycles. The molecule has 3 aromatic carbocycles. The van der Waals surface area contributed by atoms with Gasteiger partial charge in [0.1, 0.15) is 11.2 Å². The van der Waals surface area contributed by atoms with E-state index in [0.29, 0.717) is 0 Å². The number of para-hydroxylation sites is 1. The monoisotopic (exact) mass is 313 g/mol. The highest BCUT2D eigenvalue weighted by atomic mass is 16.3. The van der Waals surface area contributed by atoms with E-state index in [1.165, 1.54) is 44.6 Å². The molecule has 118 valence electrons. The molecule has 5 rings (SSSR count). The van der Waals surface area contributed by atoms with Crippen LogP contribution in [-0.4, -0.2) is 4.57 Å². The number of benzene rings is 3. The van der Waals surface area contributed by atoms with Crippen LogP contribution in [0.15, 0.2) is 59.0 Å². The van der Waals surface area contributed by atoms with Crippen LogP contribution in [0.2, 0.25) is 0 Å². The summed E-state index contributed by atoms with van der Waals surface area (Å²) in [5, 5.41) is 4.89. The van der Waals surface area contributed by atoms with Gasteiger partial charge in [0.2, 0.25) is 0 Å². The Morgan fingerprint density at radius 2 is 1.71 bits per heavy atom. The Bertz CT molecular complexity index is 1220. The van der Waals surface area contributed by atoms with Crippen LogP contribution in [0.25, 0.3) is 43.7 Å². The van der Waals surface area contributed by atoms with E-state index in [1.54, 1.807) is 0 Å². The Hall–Kier alpha value is -2.74. The Labute approximate surface area is 140 Å². The molecule has 0 aliphatic heterocycles. The lowest BCUT2D eigenvalue weighted by atomic mass is 10.1. The first-order valence-corrected chi connectivity index (χ1v) is 8.59. The Morgan fingerprint density at radius 1 is 0.875 bits per heavy atom. The molecule has 0 unspecified atom stereocenters. The minimum absolute atomic E-state index is 0.958. The summed E-state index contributed by atoms with van der Waals surface area (Å²) in [6.07, 6.45) is 2.29. The smallest absolute Gasteiger partial charge is 0.145 e. The average molecular weight is 313 g/mol. The van der Waals surface area contributed by atoms with Crippen molar-refractivity contribution in [3.63, 3.8) is 0 Å². The zero-order valence-electron chi connectivity index (χ0n) is 14.0. The summed E-state index contributed by atoms with van der Waals surface area (Å²) in [6, 6.07) is 19.5. The van der Waals surface area contributed by atoms with E-state index in [1.807, 2.05) is 12.1 Å². The molecule has 5 aromatic rings. The van der Waals surface area contributed by atoms with Gasteiger partial charge in [0, 0.05) is 28.7 Å². The van der Waals surface area contributed by atoms with Crippen molar-refractivity contribution < 1.29 is 4.42 Å². The number of nitrogens with zero attached hydrogens (tertiary/aromatic N) is 1. The van der Waals surface area contributed by atoms with Gasteiger partial charge in [0.05, 0.1) is 10.9 Å². The van der Waals surface area contributed by atoms with E-state index in [9.17, 15) is 0 Å². The second kappa shape index (κ2) is 4.88. The maximum atomic E-state index is 6.25. The van der Waals surface area contributed by atoms with E-state index in [2.05, 4.69) is 61.0 Å². The molecule has 2 nitrogen and oxygen atoms in total. The van der Waals surface area contributed by atoms with Crippen molar-refractivity contribution in [3.8, 4) is 0 Å². The van der Waals surface area contributed by atoms with E-state index in [4.69, 9.17) is 4.42 Å². The molecule has 0 saturated heterocycles. The lowest BCUT2D eigenvalue weighted by molar-refractivity contribution is 0.673. The van der Waals surface area contributed by atoms with Gasteiger partial charge in [-0.2, -0.15) is 0 Å². The molecule has 0 radical (unpaired) electrons. The van der Waals surface area contributed by atoms with Gasteiger partial charge in [-0.25, -0.2) is 0 Å². The van der Waals surface area contributed by atoms with Crippen LogP contribution >= 0.6 is 0 Å². The third kappa shape index (κ3) is 1.71. The molecular weight excluding hydrogens is 294 g/mol. The summed E-state index contributed by atoms with van der Waals surface area (Å²) in [6.45, 7) is 2.23. The second-order valence-electron chi connectivity index (χ2n) is 6.60. The highest BCUT2D eigenvalue weighted by Crippen LogP contribution is 2.38. The number of hydrogen-bond acceptors (Lipinski definition) is 1. The van der Waals surface area contributed by atoms with Crippen LogP contribution in [-0.2, 0) is 13.5 Å². The molecule has 24 heavy (non-hydrogen) atoms. The molecule has 0 aliphatic rings. The zero-order chi connectivity index (χ0) is 16.3. The highest BCUT2D eigenvalue weighted by Gasteiger charge is 2.16. The van der Waals surface area contributed by atoms with Crippen LogP contribution < -0.4 is 0 Å². The van der Waals surface area contributed by atoms with Gasteiger partial charge in [0.25, 0.3) is 0 Å². The Kier molecular flexibility index (Phi) is 2.78. The van der Waals surface area contributed by atoms with Gasteiger partial charge in [0.15, 0.2) is 0 Å². The maximum absolute atomic E-state index is 6.25. The summed E-state index contributed by atoms with van der Waals surface area (Å²) in [5.74, 6) is 0. The Balaban J connectivity index is 1.97. The van der Waals surface area contributed by atoms with E-state index in [0.717, 1.165) is 17.6 Å². The van der Waals surface area contributed by atoms with Gasteiger partial charge in [-0.1, -0.05) is 43.7 Å². The third-order valence-corrected chi connectivity index (χ3v) is 5.12. The molecule has 0 saturated carbocycles. The predicted molar refractivity (Wildman–Crippen MR) is 102 cm³/mol. The fraction of sp³-hybridized carbons (Fsp3) is 0.182. The fourth-order valence-electron chi connectivity index (χ4n) is 3.96. The minimum atomic E-state index is 0.958. The second-order valence-corrected chi connectivity index (χ2v) is 6.60.